The van der Waals surface area contributed by atoms with Crippen molar-refractivity contribution in [1.82, 2.24) is 0 Å². The number of ether oxygens (including phenoxy) is 3. The van der Waals surface area contributed by atoms with E-state index in [1.165, 1.54) is 18.4 Å². The van der Waals surface area contributed by atoms with Crippen LogP contribution in [0.3, 0.4) is 0 Å². The number of benzene rings is 1. The first kappa shape index (κ1) is 13.1. The van der Waals surface area contributed by atoms with Gasteiger partial charge in [0.05, 0.1) is 6.10 Å². The Bertz CT molecular complexity index is 398. The molecule has 0 N–H and O–H groups in total. The molecular formula is C16H22O3. The lowest BCUT2D eigenvalue weighted by molar-refractivity contribution is -0.170. The molecule has 1 spiro atoms. The van der Waals surface area contributed by atoms with Gasteiger partial charge in [0.1, 0.15) is 6.10 Å². The highest BCUT2D eigenvalue weighted by Gasteiger charge is 2.49. The quantitative estimate of drug-likeness (QED) is 0.831. The molecule has 1 unspecified atom stereocenters. The van der Waals surface area contributed by atoms with Crippen LogP contribution >= 0.6 is 0 Å². The second kappa shape index (κ2) is 5.61. The first-order valence-electron chi connectivity index (χ1n) is 7.22. The zero-order valence-corrected chi connectivity index (χ0v) is 11.5. The predicted octanol–water partition coefficient (Wildman–Crippen LogP) is 3.45. The second-order valence-corrected chi connectivity index (χ2v) is 5.50. The zero-order chi connectivity index (χ0) is 13.1. The fourth-order valence-electron chi connectivity index (χ4n) is 3.19. The molecule has 0 radical (unpaired) electrons. The minimum absolute atomic E-state index is 0.0504. The lowest BCUT2D eigenvalue weighted by atomic mass is 10.0. The largest absolute Gasteiger partial charge is 0.385 e. The van der Waals surface area contributed by atoms with E-state index in [0.29, 0.717) is 6.61 Å². The third-order valence-electron chi connectivity index (χ3n) is 4.15. The summed E-state index contributed by atoms with van der Waals surface area (Å²) in [6, 6.07) is 10.4. The molecule has 1 aromatic rings. The predicted molar refractivity (Wildman–Crippen MR) is 72.8 cm³/mol. The summed E-state index contributed by atoms with van der Waals surface area (Å²) in [5, 5.41) is 0. The maximum absolute atomic E-state index is 6.33. The lowest BCUT2D eigenvalue weighted by Gasteiger charge is -2.22. The monoisotopic (exact) mass is 262 g/mol. The van der Waals surface area contributed by atoms with Gasteiger partial charge in [-0.2, -0.15) is 0 Å². The Morgan fingerprint density at radius 3 is 2.58 bits per heavy atom. The van der Waals surface area contributed by atoms with E-state index in [2.05, 4.69) is 24.3 Å². The van der Waals surface area contributed by atoms with Gasteiger partial charge in [-0.05, 0) is 24.8 Å². The maximum Gasteiger partial charge on any atom is 0.169 e. The summed E-state index contributed by atoms with van der Waals surface area (Å²) in [7, 11) is 1.73. The fraction of sp³-hybridized carbons (Fsp3) is 0.625. The molecular weight excluding hydrogens is 240 g/mol. The van der Waals surface area contributed by atoms with Gasteiger partial charge < -0.3 is 14.2 Å². The Balaban J connectivity index is 1.79. The van der Waals surface area contributed by atoms with Gasteiger partial charge in [0.25, 0.3) is 0 Å². The highest BCUT2D eigenvalue weighted by atomic mass is 16.8. The van der Waals surface area contributed by atoms with E-state index in [9.17, 15) is 0 Å². The molecule has 3 rings (SSSR count). The summed E-state index contributed by atoms with van der Waals surface area (Å²) in [6.07, 6.45) is 5.52. The average molecular weight is 262 g/mol. The van der Waals surface area contributed by atoms with Crippen LogP contribution in [0.1, 0.15) is 43.8 Å². The van der Waals surface area contributed by atoms with E-state index in [0.717, 1.165) is 19.3 Å². The SMILES string of the molecule is COCC[C@H]1OC2(CCCC2)OC1c1ccccc1. The van der Waals surface area contributed by atoms with Crippen LogP contribution in [0.4, 0.5) is 0 Å². The van der Waals surface area contributed by atoms with Crippen molar-refractivity contribution < 1.29 is 14.2 Å². The lowest BCUT2D eigenvalue weighted by Crippen LogP contribution is -2.26. The van der Waals surface area contributed by atoms with Crippen molar-refractivity contribution in [2.75, 3.05) is 13.7 Å². The van der Waals surface area contributed by atoms with Crippen LogP contribution < -0.4 is 0 Å². The summed E-state index contributed by atoms with van der Waals surface area (Å²) in [5.74, 6) is -0.321. The van der Waals surface area contributed by atoms with Crippen LogP contribution in [0.15, 0.2) is 30.3 Å². The molecule has 2 aliphatic rings. The van der Waals surface area contributed by atoms with Crippen LogP contribution in [-0.4, -0.2) is 25.6 Å². The van der Waals surface area contributed by atoms with Crippen molar-refractivity contribution in [3.05, 3.63) is 35.9 Å². The van der Waals surface area contributed by atoms with Gasteiger partial charge in [0.2, 0.25) is 0 Å². The summed E-state index contributed by atoms with van der Waals surface area (Å²) in [6.45, 7) is 0.716. The van der Waals surface area contributed by atoms with Crippen molar-refractivity contribution in [1.29, 1.82) is 0 Å². The molecule has 0 bridgehead atoms. The molecule has 0 aromatic heterocycles. The summed E-state index contributed by atoms with van der Waals surface area (Å²) < 4.78 is 17.8. The molecule has 1 aliphatic carbocycles. The summed E-state index contributed by atoms with van der Waals surface area (Å²) in [4.78, 5) is 0. The van der Waals surface area contributed by atoms with E-state index in [-0.39, 0.29) is 18.0 Å². The number of hydrogen-bond donors (Lipinski definition) is 0. The summed E-state index contributed by atoms with van der Waals surface area (Å²) >= 11 is 0. The molecule has 2 atom stereocenters. The van der Waals surface area contributed by atoms with Gasteiger partial charge in [0.15, 0.2) is 5.79 Å². The second-order valence-electron chi connectivity index (χ2n) is 5.50. The van der Waals surface area contributed by atoms with E-state index in [1.807, 2.05) is 6.07 Å². The van der Waals surface area contributed by atoms with Crippen molar-refractivity contribution in [3.8, 4) is 0 Å². The Labute approximate surface area is 114 Å². The molecule has 0 amide bonds. The van der Waals surface area contributed by atoms with E-state index in [4.69, 9.17) is 14.2 Å². The number of rotatable bonds is 4. The van der Waals surface area contributed by atoms with Crippen LogP contribution in [-0.2, 0) is 14.2 Å². The van der Waals surface area contributed by atoms with Crippen molar-refractivity contribution in [3.63, 3.8) is 0 Å². The van der Waals surface area contributed by atoms with Crippen molar-refractivity contribution in [2.45, 2.75) is 50.1 Å². The highest BCUT2D eigenvalue weighted by Crippen LogP contribution is 2.47. The van der Waals surface area contributed by atoms with E-state index >= 15 is 0 Å². The third kappa shape index (κ3) is 2.69. The average Bonchev–Trinajstić information content (AvgIpc) is 3.05. The van der Waals surface area contributed by atoms with Gasteiger partial charge in [-0.1, -0.05) is 30.3 Å². The van der Waals surface area contributed by atoms with Gasteiger partial charge in [0, 0.05) is 26.6 Å². The minimum atomic E-state index is -0.321. The van der Waals surface area contributed by atoms with Gasteiger partial charge in [-0.25, -0.2) is 0 Å². The molecule has 3 heteroatoms. The maximum atomic E-state index is 6.33. The van der Waals surface area contributed by atoms with Crippen molar-refractivity contribution >= 4 is 0 Å². The molecule has 104 valence electrons. The zero-order valence-electron chi connectivity index (χ0n) is 11.5. The Kier molecular flexibility index (Phi) is 3.87. The minimum Gasteiger partial charge on any atom is -0.385 e. The number of hydrogen-bond acceptors (Lipinski definition) is 3. The molecule has 1 aliphatic heterocycles. The first-order valence-corrected chi connectivity index (χ1v) is 7.22. The molecule has 1 saturated heterocycles. The Hall–Kier alpha value is -0.900. The molecule has 1 aromatic carbocycles. The molecule has 1 saturated carbocycles. The standard InChI is InChI=1S/C16H22O3/c1-17-12-9-14-15(13-7-3-2-4-8-13)19-16(18-14)10-5-6-11-16/h2-4,7-8,14-15H,5-6,9-12H2,1H3/t14-,15?/m1/s1. The Morgan fingerprint density at radius 2 is 1.89 bits per heavy atom. The molecule has 3 nitrogen and oxygen atoms in total. The first-order chi connectivity index (χ1) is 9.33. The molecule has 1 heterocycles. The van der Waals surface area contributed by atoms with Crippen LogP contribution in [0, 0.1) is 0 Å². The number of methoxy groups -OCH3 is 1. The van der Waals surface area contributed by atoms with Crippen LogP contribution in [0.25, 0.3) is 0 Å². The van der Waals surface area contributed by atoms with Gasteiger partial charge >= 0.3 is 0 Å². The topological polar surface area (TPSA) is 27.7 Å². The molecule has 19 heavy (non-hydrogen) atoms. The van der Waals surface area contributed by atoms with Crippen LogP contribution in [0.5, 0.6) is 0 Å². The Morgan fingerprint density at radius 1 is 1.16 bits per heavy atom. The smallest absolute Gasteiger partial charge is 0.169 e. The molecule has 2 fully saturated rings. The highest BCUT2D eigenvalue weighted by molar-refractivity contribution is 5.20. The van der Waals surface area contributed by atoms with Crippen molar-refractivity contribution in [2.24, 2.45) is 0 Å². The van der Waals surface area contributed by atoms with Crippen LogP contribution in [0.2, 0.25) is 0 Å². The van der Waals surface area contributed by atoms with E-state index < -0.39 is 0 Å². The summed E-state index contributed by atoms with van der Waals surface area (Å²) in [5.41, 5.74) is 1.22. The van der Waals surface area contributed by atoms with E-state index in [1.54, 1.807) is 7.11 Å². The van der Waals surface area contributed by atoms with Gasteiger partial charge in [-0.3, -0.25) is 0 Å². The fourth-order valence-corrected chi connectivity index (χ4v) is 3.19. The van der Waals surface area contributed by atoms with Gasteiger partial charge in [-0.15, -0.1) is 0 Å². The normalized spacial score (nSPS) is 29.1. The third-order valence-corrected chi connectivity index (χ3v) is 4.15.